The van der Waals surface area contributed by atoms with Gasteiger partial charge in [-0.1, -0.05) is 97.1 Å². The minimum atomic E-state index is 0.874. The Hall–Kier alpha value is -7.70. The summed E-state index contributed by atoms with van der Waals surface area (Å²) in [7, 11) is 0. The van der Waals surface area contributed by atoms with Crippen molar-refractivity contribution in [1.82, 2.24) is 15.0 Å². The van der Waals surface area contributed by atoms with Crippen LogP contribution < -0.4 is 4.90 Å². The lowest BCUT2D eigenvalue weighted by Crippen LogP contribution is -2.10. The average molecular weight is 719 g/mol. The number of para-hydroxylation sites is 2. The van der Waals surface area contributed by atoms with Gasteiger partial charge in [-0.3, -0.25) is 0 Å². The molecule has 3 aromatic heterocycles. The highest BCUT2D eigenvalue weighted by atomic mass is 16.3. The molecule has 0 aliphatic rings. The molecule has 3 heterocycles. The fraction of sp³-hybridized carbons (Fsp3) is 0. The summed E-state index contributed by atoms with van der Waals surface area (Å²) >= 11 is 0. The van der Waals surface area contributed by atoms with Crippen LogP contribution in [-0.4, -0.2) is 15.0 Å². The van der Waals surface area contributed by atoms with Crippen molar-refractivity contribution in [1.29, 1.82) is 0 Å². The third kappa shape index (κ3) is 4.76. The normalized spacial score (nSPS) is 11.9. The molecule has 0 saturated heterocycles. The maximum atomic E-state index is 6.52. The Morgan fingerprint density at radius 1 is 0.375 bits per heavy atom. The fourth-order valence-corrected chi connectivity index (χ4v) is 8.27. The largest absolute Gasteiger partial charge is 0.455 e. The quantitative estimate of drug-likeness (QED) is 0.177. The predicted octanol–water partition coefficient (Wildman–Crippen LogP) is 13.7. The molecule has 0 unspecified atom stereocenters. The van der Waals surface area contributed by atoms with Gasteiger partial charge in [0.25, 0.3) is 0 Å². The van der Waals surface area contributed by atoms with Gasteiger partial charge in [-0.2, -0.15) is 4.80 Å². The zero-order valence-corrected chi connectivity index (χ0v) is 29.9. The van der Waals surface area contributed by atoms with Gasteiger partial charge in [-0.15, -0.1) is 10.2 Å². The first-order valence-corrected chi connectivity index (χ1v) is 18.7. The van der Waals surface area contributed by atoms with Crippen molar-refractivity contribution in [3.8, 4) is 16.8 Å². The lowest BCUT2D eigenvalue weighted by atomic mass is 10.0. The van der Waals surface area contributed by atoms with Crippen molar-refractivity contribution >= 4 is 93.5 Å². The van der Waals surface area contributed by atoms with Gasteiger partial charge >= 0.3 is 0 Å². The number of anilines is 3. The summed E-state index contributed by atoms with van der Waals surface area (Å²) in [5.74, 6) is 0. The van der Waals surface area contributed by atoms with Crippen LogP contribution >= 0.6 is 0 Å². The SMILES string of the molecule is c1ccc2nn(-c3ccc(-c4ccc(N(c5ccc6ccc7c8ccccc8oc7c6c5)c5ccc6ccc7c8ccccc8oc7c6c5)cc4)cc3)nc2c1. The molecule has 12 rings (SSSR count). The number of aromatic nitrogens is 3. The smallest absolute Gasteiger partial charge is 0.143 e. The fourth-order valence-electron chi connectivity index (χ4n) is 8.27. The molecule has 0 fully saturated rings. The van der Waals surface area contributed by atoms with Crippen LogP contribution in [0.3, 0.4) is 0 Å². The second-order valence-corrected chi connectivity index (χ2v) is 14.3. The third-order valence-corrected chi connectivity index (χ3v) is 11.0. The van der Waals surface area contributed by atoms with Gasteiger partial charge in [0.2, 0.25) is 0 Å². The maximum absolute atomic E-state index is 6.52. The minimum Gasteiger partial charge on any atom is -0.455 e. The highest BCUT2D eigenvalue weighted by Gasteiger charge is 2.18. The van der Waals surface area contributed by atoms with Crippen LogP contribution in [0.1, 0.15) is 0 Å². The first-order chi connectivity index (χ1) is 27.7. The van der Waals surface area contributed by atoms with E-state index in [1.54, 1.807) is 4.80 Å². The molecule has 6 nitrogen and oxygen atoms in total. The van der Waals surface area contributed by atoms with E-state index >= 15 is 0 Å². The van der Waals surface area contributed by atoms with E-state index in [-0.39, 0.29) is 0 Å². The molecule has 9 aromatic carbocycles. The summed E-state index contributed by atoms with van der Waals surface area (Å²) in [5.41, 5.74) is 11.5. The van der Waals surface area contributed by atoms with E-state index in [0.29, 0.717) is 0 Å². The van der Waals surface area contributed by atoms with Crippen LogP contribution in [0.4, 0.5) is 17.1 Å². The molecule has 262 valence electrons. The summed E-state index contributed by atoms with van der Waals surface area (Å²) in [4.78, 5) is 4.02. The number of furan rings is 2. The molecule has 0 radical (unpaired) electrons. The Balaban J connectivity index is 0.999. The van der Waals surface area contributed by atoms with E-state index < -0.39 is 0 Å². The highest BCUT2D eigenvalue weighted by molar-refractivity contribution is 6.17. The van der Waals surface area contributed by atoms with E-state index in [0.717, 1.165) is 110 Å². The van der Waals surface area contributed by atoms with E-state index in [1.807, 2.05) is 48.5 Å². The number of hydrogen-bond acceptors (Lipinski definition) is 5. The molecule has 0 aliphatic heterocycles. The van der Waals surface area contributed by atoms with Crippen LogP contribution in [0.15, 0.2) is 191 Å². The second kappa shape index (κ2) is 11.9. The summed E-state index contributed by atoms with van der Waals surface area (Å²) < 4.78 is 13.0. The van der Waals surface area contributed by atoms with Gasteiger partial charge in [-0.05, 0) is 107 Å². The first kappa shape index (κ1) is 30.7. The maximum Gasteiger partial charge on any atom is 0.143 e. The van der Waals surface area contributed by atoms with Gasteiger partial charge in [-0.25, -0.2) is 0 Å². The Morgan fingerprint density at radius 3 is 1.36 bits per heavy atom. The average Bonchev–Trinajstić information content (AvgIpc) is 3.98. The first-order valence-electron chi connectivity index (χ1n) is 18.7. The van der Waals surface area contributed by atoms with Crippen molar-refractivity contribution in [2.75, 3.05) is 4.90 Å². The molecular formula is C50H30N4O2. The Kier molecular flexibility index (Phi) is 6.53. The van der Waals surface area contributed by atoms with Gasteiger partial charge in [0.1, 0.15) is 33.4 Å². The number of nitrogens with zero attached hydrogens (tertiary/aromatic N) is 4. The van der Waals surface area contributed by atoms with Crippen molar-refractivity contribution in [3.63, 3.8) is 0 Å². The molecule has 56 heavy (non-hydrogen) atoms. The molecule has 0 atom stereocenters. The molecule has 0 saturated carbocycles. The van der Waals surface area contributed by atoms with Crippen molar-refractivity contribution in [2.24, 2.45) is 0 Å². The van der Waals surface area contributed by atoms with Crippen LogP contribution in [0, 0.1) is 0 Å². The molecule has 0 amide bonds. The molecule has 0 bridgehead atoms. The monoisotopic (exact) mass is 718 g/mol. The number of fused-ring (bicyclic) bond motifs is 11. The van der Waals surface area contributed by atoms with Gasteiger partial charge < -0.3 is 13.7 Å². The molecule has 0 N–H and O–H groups in total. The predicted molar refractivity (Wildman–Crippen MR) is 229 cm³/mol. The van der Waals surface area contributed by atoms with Crippen LogP contribution in [0.2, 0.25) is 0 Å². The van der Waals surface area contributed by atoms with Crippen molar-refractivity contribution in [3.05, 3.63) is 182 Å². The topological polar surface area (TPSA) is 60.2 Å². The number of rotatable bonds is 5. The van der Waals surface area contributed by atoms with E-state index in [2.05, 4.69) is 149 Å². The minimum absolute atomic E-state index is 0.874. The van der Waals surface area contributed by atoms with Gasteiger partial charge in [0, 0.05) is 49.4 Å². The van der Waals surface area contributed by atoms with Crippen molar-refractivity contribution in [2.45, 2.75) is 0 Å². The Morgan fingerprint density at radius 2 is 0.821 bits per heavy atom. The lowest BCUT2D eigenvalue weighted by molar-refractivity contribution is 0.672. The molecule has 6 heteroatoms. The molecular weight excluding hydrogens is 689 g/mol. The summed E-state index contributed by atoms with van der Waals surface area (Å²) in [6.45, 7) is 0. The number of hydrogen-bond donors (Lipinski definition) is 0. The Bertz CT molecular complexity index is 3300. The van der Waals surface area contributed by atoms with E-state index in [1.165, 1.54) is 0 Å². The van der Waals surface area contributed by atoms with E-state index in [9.17, 15) is 0 Å². The standard InChI is InChI=1S/C50H30N4O2/c1-5-11-47-39(7-1)41-27-19-33-17-25-37(29-43(33)49(41)55-47)53(38-26-18-34-20-28-42-40-8-2-6-12-48(40)56-50(42)44(34)30-38)35-21-13-31(14-22-35)32-15-23-36(24-16-32)54-51-45-9-3-4-10-46(45)52-54/h1-30H. The number of benzene rings is 9. The highest BCUT2D eigenvalue weighted by Crippen LogP contribution is 2.42. The van der Waals surface area contributed by atoms with Crippen LogP contribution in [-0.2, 0) is 0 Å². The third-order valence-electron chi connectivity index (χ3n) is 11.0. The second-order valence-electron chi connectivity index (χ2n) is 14.3. The summed E-state index contributed by atoms with van der Waals surface area (Å²) in [6, 6.07) is 63.6. The van der Waals surface area contributed by atoms with Gasteiger partial charge in [0.05, 0.1) is 5.69 Å². The zero-order valence-electron chi connectivity index (χ0n) is 29.9. The molecule has 0 aliphatic carbocycles. The van der Waals surface area contributed by atoms with Crippen molar-refractivity contribution < 1.29 is 8.83 Å². The summed E-state index contributed by atoms with van der Waals surface area (Å²) in [5, 5.41) is 18.2. The zero-order chi connectivity index (χ0) is 36.7. The molecule has 0 spiro atoms. The molecule has 12 aromatic rings. The van der Waals surface area contributed by atoms with Gasteiger partial charge in [0.15, 0.2) is 0 Å². The lowest BCUT2D eigenvalue weighted by Gasteiger charge is -2.26. The van der Waals surface area contributed by atoms with Crippen LogP contribution in [0.25, 0.3) is 93.3 Å². The Labute approximate surface area is 320 Å². The van der Waals surface area contributed by atoms with E-state index in [4.69, 9.17) is 8.83 Å². The van der Waals surface area contributed by atoms with Crippen LogP contribution in [0.5, 0.6) is 0 Å². The summed E-state index contributed by atoms with van der Waals surface area (Å²) in [6.07, 6.45) is 0.